The van der Waals surface area contributed by atoms with E-state index in [2.05, 4.69) is 26.0 Å². The second kappa shape index (κ2) is 6.00. The van der Waals surface area contributed by atoms with Crippen LogP contribution in [0.2, 0.25) is 0 Å². The molecule has 0 aliphatic carbocycles. The smallest absolute Gasteiger partial charge is 0.405 e. The summed E-state index contributed by atoms with van der Waals surface area (Å²) in [7, 11) is 0. The number of anilines is 1. The molecule has 1 saturated heterocycles. The molecular weight excluding hydrogens is 327 g/mol. The Bertz CT molecular complexity index is 433. The van der Waals surface area contributed by atoms with Crippen molar-refractivity contribution in [3.05, 3.63) is 22.7 Å². The van der Waals surface area contributed by atoms with Crippen LogP contribution in [0.5, 0.6) is 5.75 Å². The van der Waals surface area contributed by atoms with Crippen molar-refractivity contribution in [2.45, 2.75) is 25.3 Å². The van der Waals surface area contributed by atoms with Gasteiger partial charge in [-0.2, -0.15) is 0 Å². The summed E-state index contributed by atoms with van der Waals surface area (Å²) >= 11 is 3.06. The van der Waals surface area contributed by atoms with Gasteiger partial charge in [-0.15, -0.1) is 13.2 Å². The maximum absolute atomic E-state index is 12.1. The van der Waals surface area contributed by atoms with Gasteiger partial charge in [-0.05, 0) is 47.0 Å². The van der Waals surface area contributed by atoms with E-state index < -0.39 is 6.36 Å². The first kappa shape index (κ1) is 14.5. The highest BCUT2D eigenvalue weighted by Gasteiger charge is 2.31. The first-order valence-corrected chi connectivity index (χ1v) is 6.64. The topological polar surface area (TPSA) is 30.5 Å². The summed E-state index contributed by atoms with van der Waals surface area (Å²) in [5.41, 5.74) is 0.719. The Hall–Kier alpha value is -0.950. The molecule has 1 aliphatic rings. The number of alkyl halides is 3. The lowest BCUT2D eigenvalue weighted by molar-refractivity contribution is -0.274. The molecule has 1 aliphatic heterocycles. The van der Waals surface area contributed by atoms with Gasteiger partial charge in [-0.3, -0.25) is 0 Å². The molecule has 1 aromatic rings. The van der Waals surface area contributed by atoms with E-state index in [1.165, 1.54) is 6.07 Å². The van der Waals surface area contributed by atoms with Crippen LogP contribution < -0.4 is 10.1 Å². The standard InChI is InChI=1S/C12H13BrF3NO2/c13-10-6-8(17-7-9-2-1-5-18-9)3-4-11(10)19-12(14,15)16/h3-4,6,9,17H,1-2,5,7H2. The molecule has 1 fully saturated rings. The highest BCUT2D eigenvalue weighted by Crippen LogP contribution is 2.32. The van der Waals surface area contributed by atoms with Crippen molar-refractivity contribution in [1.29, 1.82) is 0 Å². The quantitative estimate of drug-likeness (QED) is 0.901. The molecule has 3 nitrogen and oxygen atoms in total. The number of hydrogen-bond acceptors (Lipinski definition) is 3. The van der Waals surface area contributed by atoms with E-state index in [1.807, 2.05) is 0 Å². The van der Waals surface area contributed by atoms with Crippen LogP contribution in [0.3, 0.4) is 0 Å². The molecule has 1 atom stereocenters. The van der Waals surface area contributed by atoms with Gasteiger partial charge in [0.1, 0.15) is 5.75 Å². The summed E-state index contributed by atoms with van der Waals surface area (Å²) in [4.78, 5) is 0. The Morgan fingerprint density at radius 2 is 2.21 bits per heavy atom. The number of nitrogens with one attached hydrogen (secondary N) is 1. The average Bonchev–Trinajstić information content (AvgIpc) is 2.81. The molecule has 1 N–H and O–H groups in total. The van der Waals surface area contributed by atoms with E-state index in [4.69, 9.17) is 4.74 Å². The van der Waals surface area contributed by atoms with Gasteiger partial charge >= 0.3 is 6.36 Å². The zero-order valence-corrected chi connectivity index (χ0v) is 11.6. The SMILES string of the molecule is FC(F)(F)Oc1ccc(NCC2CCCO2)cc1Br. The zero-order valence-electron chi connectivity index (χ0n) is 9.97. The van der Waals surface area contributed by atoms with Gasteiger partial charge in [0, 0.05) is 18.8 Å². The van der Waals surface area contributed by atoms with Crippen molar-refractivity contribution >= 4 is 21.6 Å². The number of hydrogen-bond donors (Lipinski definition) is 1. The van der Waals surface area contributed by atoms with Crippen LogP contribution in [-0.4, -0.2) is 25.6 Å². The fraction of sp³-hybridized carbons (Fsp3) is 0.500. The third-order valence-corrected chi connectivity index (χ3v) is 3.34. The summed E-state index contributed by atoms with van der Waals surface area (Å²) in [6, 6.07) is 4.37. The van der Waals surface area contributed by atoms with Crippen LogP contribution in [0, 0.1) is 0 Å². The number of ether oxygens (including phenoxy) is 2. The van der Waals surface area contributed by atoms with Crippen molar-refractivity contribution in [3.63, 3.8) is 0 Å². The Morgan fingerprint density at radius 3 is 2.79 bits per heavy atom. The Labute approximate surface area is 117 Å². The third kappa shape index (κ3) is 4.58. The van der Waals surface area contributed by atoms with Crippen LogP contribution in [0.15, 0.2) is 22.7 Å². The predicted octanol–water partition coefficient (Wildman–Crippen LogP) is 3.94. The van der Waals surface area contributed by atoms with Crippen LogP contribution in [0.1, 0.15) is 12.8 Å². The second-order valence-corrected chi connectivity index (χ2v) is 5.06. The minimum absolute atomic E-state index is 0.171. The van der Waals surface area contributed by atoms with Crippen molar-refractivity contribution in [2.75, 3.05) is 18.5 Å². The number of halogens is 4. The van der Waals surface area contributed by atoms with Crippen LogP contribution in [0.4, 0.5) is 18.9 Å². The van der Waals surface area contributed by atoms with E-state index >= 15 is 0 Å². The zero-order chi connectivity index (χ0) is 13.9. The van der Waals surface area contributed by atoms with Gasteiger partial charge in [0.25, 0.3) is 0 Å². The monoisotopic (exact) mass is 339 g/mol. The fourth-order valence-electron chi connectivity index (χ4n) is 1.86. The molecule has 0 spiro atoms. The molecule has 0 amide bonds. The summed E-state index contributed by atoms with van der Waals surface area (Å²) in [5.74, 6) is -0.254. The lowest BCUT2D eigenvalue weighted by atomic mass is 10.2. The summed E-state index contributed by atoms with van der Waals surface area (Å²) in [5, 5.41) is 3.13. The molecule has 0 radical (unpaired) electrons. The summed E-state index contributed by atoms with van der Waals surface area (Å²) < 4.78 is 45.9. The van der Waals surface area contributed by atoms with E-state index in [1.54, 1.807) is 12.1 Å². The number of rotatable bonds is 4. The molecule has 2 rings (SSSR count). The summed E-state index contributed by atoms with van der Waals surface area (Å²) in [6.07, 6.45) is -2.46. The van der Waals surface area contributed by atoms with Gasteiger partial charge in [0.2, 0.25) is 0 Å². The summed E-state index contributed by atoms with van der Waals surface area (Å²) in [6.45, 7) is 1.42. The minimum atomic E-state index is -4.69. The molecule has 0 saturated carbocycles. The molecule has 19 heavy (non-hydrogen) atoms. The maximum Gasteiger partial charge on any atom is 0.573 e. The Morgan fingerprint density at radius 1 is 1.42 bits per heavy atom. The molecular formula is C12H13BrF3NO2. The van der Waals surface area contributed by atoms with E-state index in [0.29, 0.717) is 6.54 Å². The maximum atomic E-state index is 12.1. The highest BCUT2D eigenvalue weighted by molar-refractivity contribution is 9.10. The van der Waals surface area contributed by atoms with Crippen molar-refractivity contribution in [1.82, 2.24) is 0 Å². The normalized spacial score (nSPS) is 19.5. The van der Waals surface area contributed by atoms with Crippen LogP contribution in [0.25, 0.3) is 0 Å². The van der Waals surface area contributed by atoms with Gasteiger partial charge in [-0.1, -0.05) is 0 Å². The predicted molar refractivity (Wildman–Crippen MR) is 68.3 cm³/mol. The molecule has 1 unspecified atom stereocenters. The van der Waals surface area contributed by atoms with Gasteiger partial charge < -0.3 is 14.8 Å². The number of benzene rings is 1. The van der Waals surface area contributed by atoms with Gasteiger partial charge in [0.05, 0.1) is 10.6 Å². The molecule has 0 aromatic heterocycles. The average molecular weight is 340 g/mol. The first-order chi connectivity index (χ1) is 8.94. The fourth-order valence-corrected chi connectivity index (χ4v) is 2.31. The third-order valence-electron chi connectivity index (χ3n) is 2.72. The van der Waals surface area contributed by atoms with Crippen molar-refractivity contribution in [2.24, 2.45) is 0 Å². The Balaban J connectivity index is 1.94. The molecule has 106 valence electrons. The van der Waals surface area contributed by atoms with Gasteiger partial charge in [0.15, 0.2) is 0 Å². The minimum Gasteiger partial charge on any atom is -0.405 e. The highest BCUT2D eigenvalue weighted by atomic mass is 79.9. The van der Waals surface area contributed by atoms with Gasteiger partial charge in [-0.25, -0.2) is 0 Å². The van der Waals surface area contributed by atoms with E-state index in [0.717, 1.165) is 25.1 Å². The van der Waals surface area contributed by atoms with Crippen molar-refractivity contribution in [3.8, 4) is 5.75 Å². The lowest BCUT2D eigenvalue weighted by Crippen LogP contribution is -2.19. The van der Waals surface area contributed by atoms with Crippen LogP contribution >= 0.6 is 15.9 Å². The second-order valence-electron chi connectivity index (χ2n) is 4.21. The molecule has 7 heteroatoms. The van der Waals surface area contributed by atoms with Crippen molar-refractivity contribution < 1.29 is 22.6 Å². The first-order valence-electron chi connectivity index (χ1n) is 5.85. The van der Waals surface area contributed by atoms with E-state index in [9.17, 15) is 13.2 Å². The molecule has 1 aromatic carbocycles. The lowest BCUT2D eigenvalue weighted by Gasteiger charge is -2.14. The van der Waals surface area contributed by atoms with Crippen LogP contribution in [-0.2, 0) is 4.74 Å². The largest absolute Gasteiger partial charge is 0.573 e. The molecule has 0 bridgehead atoms. The molecule has 1 heterocycles. The van der Waals surface area contributed by atoms with E-state index in [-0.39, 0.29) is 16.3 Å². The Kier molecular flexibility index (Phi) is 4.57.